The molecule has 1 aromatic heterocycles. The second-order valence-corrected chi connectivity index (χ2v) is 8.70. The number of hydrogen-bond acceptors (Lipinski definition) is 4. The van der Waals surface area contributed by atoms with Crippen LogP contribution in [0.5, 0.6) is 0 Å². The summed E-state index contributed by atoms with van der Waals surface area (Å²) in [5.74, 6) is -0.692. The largest absolute Gasteiger partial charge is 0.348 e. The lowest BCUT2D eigenvalue weighted by Crippen LogP contribution is -2.31. The summed E-state index contributed by atoms with van der Waals surface area (Å²) in [6, 6.07) is 6.61. The average Bonchev–Trinajstić information content (AvgIpc) is 2.67. The maximum Gasteiger partial charge on any atom is 0.261 e. The lowest BCUT2D eigenvalue weighted by molar-refractivity contribution is 0.0956. The van der Waals surface area contributed by atoms with Crippen LogP contribution < -0.4 is 10.9 Å². The summed E-state index contributed by atoms with van der Waals surface area (Å²) in [7, 11) is -4.32. The first-order valence-electron chi connectivity index (χ1n) is 8.68. The zero-order chi connectivity index (χ0) is 20.3. The molecule has 3 rings (SSSR count). The minimum atomic E-state index is -4.32. The van der Waals surface area contributed by atoms with E-state index in [9.17, 15) is 22.4 Å². The number of halogens is 2. The van der Waals surface area contributed by atoms with Crippen LogP contribution in [0.25, 0.3) is 0 Å². The Kier molecular flexibility index (Phi) is 6.00. The van der Waals surface area contributed by atoms with E-state index in [4.69, 9.17) is 11.6 Å². The van der Waals surface area contributed by atoms with Crippen LogP contribution in [0, 0.1) is 0 Å². The van der Waals surface area contributed by atoms with E-state index >= 15 is 0 Å². The number of carbonyl (C=O) groups is 1. The molecule has 0 bridgehead atoms. The minimum Gasteiger partial charge on any atom is -0.348 e. The van der Waals surface area contributed by atoms with Crippen LogP contribution in [0.15, 0.2) is 51.3 Å². The molecule has 6 nitrogen and oxygen atoms in total. The number of aromatic amines is 1. The van der Waals surface area contributed by atoms with Crippen molar-refractivity contribution in [2.45, 2.75) is 30.6 Å². The number of H-pyrrole nitrogens is 1. The molecule has 9 heteroatoms. The smallest absolute Gasteiger partial charge is 0.261 e. The predicted molar refractivity (Wildman–Crippen MR) is 104 cm³/mol. The van der Waals surface area contributed by atoms with Gasteiger partial charge in [0.05, 0.1) is 4.90 Å². The normalized spacial score (nSPS) is 14.4. The van der Waals surface area contributed by atoms with Crippen molar-refractivity contribution in [3.63, 3.8) is 0 Å². The number of aromatic nitrogens is 1. The molecule has 0 radical (unpaired) electrons. The van der Waals surface area contributed by atoms with Gasteiger partial charge in [0.15, 0.2) is 0 Å². The van der Waals surface area contributed by atoms with Gasteiger partial charge in [-0.05, 0) is 67.7 Å². The average molecular weight is 425 g/mol. The molecule has 0 saturated carbocycles. The molecule has 1 aliphatic carbocycles. The summed E-state index contributed by atoms with van der Waals surface area (Å²) < 4.78 is 38.4. The first-order chi connectivity index (χ1) is 13.3. The van der Waals surface area contributed by atoms with Crippen LogP contribution in [-0.4, -0.2) is 25.9 Å². The van der Waals surface area contributed by atoms with Gasteiger partial charge in [-0.2, -0.15) is 4.39 Å². The topological polar surface area (TPSA) is 96.1 Å². The Labute approximate surface area is 166 Å². The van der Waals surface area contributed by atoms with Gasteiger partial charge in [-0.25, -0.2) is 8.42 Å². The summed E-state index contributed by atoms with van der Waals surface area (Å²) in [5, 5.41) is 1.28. The van der Waals surface area contributed by atoms with E-state index in [0.717, 1.165) is 43.0 Å². The van der Waals surface area contributed by atoms with E-state index < -0.39 is 26.5 Å². The van der Waals surface area contributed by atoms with Crippen molar-refractivity contribution in [2.75, 3.05) is 6.54 Å². The quantitative estimate of drug-likeness (QED) is 0.771. The van der Waals surface area contributed by atoms with E-state index in [-0.39, 0.29) is 17.0 Å². The van der Waals surface area contributed by atoms with Gasteiger partial charge in [-0.3, -0.25) is 9.59 Å². The van der Waals surface area contributed by atoms with E-state index in [0.29, 0.717) is 5.02 Å². The maximum absolute atomic E-state index is 14.1. The molecule has 0 spiro atoms. The number of sulfone groups is 1. The van der Waals surface area contributed by atoms with Gasteiger partial charge in [0.1, 0.15) is 5.56 Å². The summed E-state index contributed by atoms with van der Waals surface area (Å²) in [5.41, 5.74) is 1.17. The number of nitrogens with one attached hydrogen (secondary N) is 2. The highest BCUT2D eigenvalue weighted by Crippen LogP contribution is 2.22. The highest BCUT2D eigenvalue weighted by molar-refractivity contribution is 7.95. The third kappa shape index (κ3) is 4.34. The van der Waals surface area contributed by atoms with Gasteiger partial charge in [-0.1, -0.05) is 11.6 Å². The van der Waals surface area contributed by atoms with E-state index in [1.54, 1.807) is 6.07 Å². The summed E-state index contributed by atoms with van der Waals surface area (Å²) in [6.45, 7) is -0.381. The maximum atomic E-state index is 14.1. The third-order valence-corrected chi connectivity index (χ3v) is 6.31. The summed E-state index contributed by atoms with van der Waals surface area (Å²) >= 11 is 5.70. The molecule has 0 unspecified atom stereocenters. The second kappa shape index (κ2) is 8.28. The van der Waals surface area contributed by atoms with Crippen LogP contribution >= 0.6 is 11.6 Å². The van der Waals surface area contributed by atoms with Crippen molar-refractivity contribution in [3.05, 3.63) is 73.8 Å². The van der Waals surface area contributed by atoms with Gasteiger partial charge in [-0.15, -0.1) is 0 Å². The Morgan fingerprint density at radius 2 is 1.89 bits per heavy atom. The molecule has 0 atom stereocenters. The van der Waals surface area contributed by atoms with Crippen LogP contribution in [0.3, 0.4) is 0 Å². The van der Waals surface area contributed by atoms with Gasteiger partial charge >= 0.3 is 0 Å². The third-order valence-electron chi connectivity index (χ3n) is 4.49. The molecule has 148 valence electrons. The Morgan fingerprint density at radius 3 is 2.61 bits per heavy atom. The van der Waals surface area contributed by atoms with Crippen molar-refractivity contribution < 1.29 is 17.6 Å². The number of amides is 1. The van der Waals surface area contributed by atoms with Gasteiger partial charge in [0.2, 0.25) is 15.0 Å². The molecule has 28 heavy (non-hydrogen) atoms. The minimum absolute atomic E-state index is 0.0741. The van der Waals surface area contributed by atoms with Crippen molar-refractivity contribution >= 4 is 27.3 Å². The first-order valence-corrected chi connectivity index (χ1v) is 10.5. The number of rotatable bonds is 5. The molecule has 2 aromatic rings. The Morgan fingerprint density at radius 1 is 1.21 bits per heavy atom. The number of benzene rings is 1. The fourth-order valence-corrected chi connectivity index (χ4v) is 4.15. The molecule has 1 heterocycles. The lowest BCUT2D eigenvalue weighted by atomic mass is 9.95. The van der Waals surface area contributed by atoms with Crippen molar-refractivity contribution in [3.8, 4) is 0 Å². The molecular formula is C19H18ClFN2O4S. The monoisotopic (exact) mass is 424 g/mol. The van der Waals surface area contributed by atoms with Gasteiger partial charge in [0, 0.05) is 17.3 Å². The van der Waals surface area contributed by atoms with E-state index in [1.165, 1.54) is 24.3 Å². The van der Waals surface area contributed by atoms with Crippen LogP contribution in [0.1, 0.15) is 34.5 Å². The molecule has 1 aliphatic rings. The highest BCUT2D eigenvalue weighted by Gasteiger charge is 2.21. The Hall–Kier alpha value is -2.45. The lowest BCUT2D eigenvalue weighted by Gasteiger charge is -2.15. The fraction of sp³-hybridized carbons (Fsp3) is 0.263. The van der Waals surface area contributed by atoms with E-state index in [1.807, 2.05) is 0 Å². The Balaban J connectivity index is 1.71. The number of carbonyl (C=O) groups excluding carboxylic acids is 1. The summed E-state index contributed by atoms with van der Waals surface area (Å²) in [6.07, 6.45) is 4.26. The molecular weight excluding hydrogens is 407 g/mol. The molecule has 0 aliphatic heterocycles. The molecule has 2 N–H and O–H groups in total. The number of aryl methyl sites for hydroxylation is 2. The van der Waals surface area contributed by atoms with Gasteiger partial charge in [0.25, 0.3) is 11.5 Å². The van der Waals surface area contributed by atoms with Crippen molar-refractivity contribution in [1.29, 1.82) is 0 Å². The fourth-order valence-electron chi connectivity index (χ4n) is 3.00. The zero-order valence-electron chi connectivity index (χ0n) is 14.8. The molecule has 0 fully saturated rings. The first kappa shape index (κ1) is 20.3. The standard InChI is InChI=1S/C19H18ClFN2O4S/c20-13-5-7-14(8-6-13)28(26,27)17(21)9-10-22-18(24)15-11-12-3-1-2-4-16(12)23-19(15)25/h5-9,11H,1-4,10H2,(H,22,24)(H,23,25)/b17-9+. The van der Waals surface area contributed by atoms with Gasteiger partial charge < -0.3 is 10.3 Å². The molecule has 1 amide bonds. The Bertz CT molecular complexity index is 1090. The molecule has 1 aromatic carbocycles. The predicted octanol–water partition coefficient (Wildman–Crippen LogP) is 2.92. The number of fused-ring (bicyclic) bond motifs is 1. The van der Waals surface area contributed by atoms with Crippen LogP contribution in [0.2, 0.25) is 5.02 Å². The van der Waals surface area contributed by atoms with Crippen LogP contribution in [0.4, 0.5) is 4.39 Å². The van der Waals surface area contributed by atoms with Crippen LogP contribution in [-0.2, 0) is 22.7 Å². The van der Waals surface area contributed by atoms with Crippen molar-refractivity contribution in [1.82, 2.24) is 10.3 Å². The molecule has 0 saturated heterocycles. The SMILES string of the molecule is O=C(NC/C=C(\F)S(=O)(=O)c1ccc(Cl)cc1)c1cc2c([nH]c1=O)CCCC2. The number of pyridine rings is 1. The zero-order valence-corrected chi connectivity index (χ0v) is 16.4. The van der Waals surface area contributed by atoms with Crippen molar-refractivity contribution in [2.24, 2.45) is 0 Å². The van der Waals surface area contributed by atoms with E-state index in [2.05, 4.69) is 10.3 Å². The number of hydrogen-bond donors (Lipinski definition) is 2. The second-order valence-electron chi connectivity index (χ2n) is 6.40. The highest BCUT2D eigenvalue weighted by atomic mass is 35.5. The summed E-state index contributed by atoms with van der Waals surface area (Å²) in [4.78, 5) is 26.8.